The van der Waals surface area contributed by atoms with Crippen molar-refractivity contribution < 1.29 is 14.3 Å². The van der Waals surface area contributed by atoms with E-state index in [1.807, 2.05) is 14.1 Å². The number of benzene rings is 2. The monoisotopic (exact) mass is 447 g/mol. The maximum Gasteiger partial charge on any atom is 0.260 e. The molecule has 0 saturated heterocycles. The van der Waals surface area contributed by atoms with Crippen LogP contribution in [0.2, 0.25) is 0 Å². The molecule has 160 valence electrons. The zero-order valence-electron chi connectivity index (χ0n) is 17.6. The number of carbonyl (C=O) groups is 1. The lowest BCUT2D eigenvalue weighted by atomic mass is 10.1. The molecule has 0 atom stereocenters. The lowest BCUT2D eigenvalue weighted by molar-refractivity contribution is 0.0984. The summed E-state index contributed by atoms with van der Waals surface area (Å²) >= 11 is 1.55. The van der Waals surface area contributed by atoms with E-state index in [0.717, 1.165) is 27.5 Å². The topological polar surface area (TPSA) is 54.9 Å². The van der Waals surface area contributed by atoms with E-state index in [0.29, 0.717) is 36.8 Å². The number of aromatic nitrogens is 1. The lowest BCUT2D eigenvalue weighted by Gasteiger charge is -2.23. The van der Waals surface area contributed by atoms with E-state index in [1.165, 1.54) is 5.56 Å². The number of halogens is 1. The first kappa shape index (κ1) is 22.3. The number of rotatable bonds is 5. The molecule has 6 nitrogen and oxygen atoms in total. The first-order valence-corrected chi connectivity index (χ1v) is 10.5. The summed E-state index contributed by atoms with van der Waals surface area (Å²) in [5.41, 5.74) is 3.90. The van der Waals surface area contributed by atoms with E-state index in [4.69, 9.17) is 14.5 Å². The van der Waals surface area contributed by atoms with Gasteiger partial charge in [-0.3, -0.25) is 9.69 Å². The van der Waals surface area contributed by atoms with Gasteiger partial charge in [0.05, 0.1) is 10.2 Å². The molecule has 2 heterocycles. The van der Waals surface area contributed by atoms with Crippen molar-refractivity contribution in [2.24, 2.45) is 0 Å². The van der Waals surface area contributed by atoms with Crippen molar-refractivity contribution in [1.29, 1.82) is 0 Å². The number of anilines is 1. The highest BCUT2D eigenvalue weighted by atomic mass is 35.5. The Morgan fingerprint density at radius 2 is 1.80 bits per heavy atom. The van der Waals surface area contributed by atoms with Gasteiger partial charge in [0.2, 0.25) is 0 Å². The molecule has 0 fully saturated rings. The molecule has 0 spiro atoms. The number of hydrogen-bond acceptors (Lipinski definition) is 6. The predicted molar refractivity (Wildman–Crippen MR) is 124 cm³/mol. The van der Waals surface area contributed by atoms with Crippen LogP contribution >= 0.6 is 23.7 Å². The normalized spacial score (nSPS) is 12.7. The summed E-state index contributed by atoms with van der Waals surface area (Å²) in [6.07, 6.45) is 0. The van der Waals surface area contributed by atoms with Crippen molar-refractivity contribution >= 4 is 45.0 Å². The Bertz CT molecular complexity index is 1070. The summed E-state index contributed by atoms with van der Waals surface area (Å²) in [4.78, 5) is 22.1. The van der Waals surface area contributed by atoms with Crippen molar-refractivity contribution in [2.45, 2.75) is 13.8 Å². The summed E-state index contributed by atoms with van der Waals surface area (Å²) in [6, 6.07) is 9.55. The highest BCUT2D eigenvalue weighted by molar-refractivity contribution is 7.22. The number of nitrogens with zero attached hydrogens (tertiary/aromatic N) is 3. The van der Waals surface area contributed by atoms with E-state index in [9.17, 15) is 4.79 Å². The average molecular weight is 448 g/mol. The second-order valence-electron chi connectivity index (χ2n) is 7.47. The quantitative estimate of drug-likeness (QED) is 0.583. The van der Waals surface area contributed by atoms with Gasteiger partial charge in [-0.15, -0.1) is 12.4 Å². The van der Waals surface area contributed by atoms with E-state index >= 15 is 0 Å². The van der Waals surface area contributed by atoms with E-state index in [2.05, 4.69) is 30.9 Å². The number of fused-ring (bicyclic) bond motifs is 2. The van der Waals surface area contributed by atoms with Gasteiger partial charge in [-0.2, -0.15) is 0 Å². The van der Waals surface area contributed by atoms with Crippen LogP contribution in [-0.4, -0.2) is 56.2 Å². The van der Waals surface area contributed by atoms with Crippen LogP contribution in [0.4, 0.5) is 5.13 Å². The number of amides is 1. The van der Waals surface area contributed by atoms with Gasteiger partial charge >= 0.3 is 0 Å². The van der Waals surface area contributed by atoms with E-state index in [-0.39, 0.29) is 18.3 Å². The Kier molecular flexibility index (Phi) is 6.85. The Morgan fingerprint density at radius 1 is 1.07 bits per heavy atom. The van der Waals surface area contributed by atoms with Gasteiger partial charge in [-0.05, 0) is 63.3 Å². The molecule has 1 aliphatic rings. The summed E-state index contributed by atoms with van der Waals surface area (Å²) in [5, 5.41) is 0.718. The molecule has 1 aromatic heterocycles. The van der Waals surface area contributed by atoms with Crippen LogP contribution in [0.15, 0.2) is 30.3 Å². The van der Waals surface area contributed by atoms with Crippen LogP contribution in [0.1, 0.15) is 21.5 Å². The van der Waals surface area contributed by atoms with Crippen LogP contribution in [0.3, 0.4) is 0 Å². The Hall–Kier alpha value is -2.35. The first-order chi connectivity index (χ1) is 13.9. The third-order valence-electron chi connectivity index (χ3n) is 5.11. The zero-order chi connectivity index (χ0) is 20.5. The van der Waals surface area contributed by atoms with Crippen molar-refractivity contribution in [3.63, 3.8) is 0 Å². The van der Waals surface area contributed by atoms with Crippen LogP contribution in [0, 0.1) is 13.8 Å². The van der Waals surface area contributed by atoms with E-state index < -0.39 is 0 Å². The third kappa shape index (κ3) is 4.38. The lowest BCUT2D eigenvalue weighted by Crippen LogP contribution is -2.36. The minimum Gasteiger partial charge on any atom is -0.486 e. The first-order valence-electron chi connectivity index (χ1n) is 9.67. The maximum absolute atomic E-state index is 13.5. The fourth-order valence-corrected chi connectivity index (χ4v) is 4.30. The molecule has 0 aliphatic carbocycles. The van der Waals surface area contributed by atoms with Gasteiger partial charge in [0.15, 0.2) is 16.6 Å². The Labute approximate surface area is 186 Å². The second-order valence-corrected chi connectivity index (χ2v) is 8.48. The predicted octanol–water partition coefficient (Wildman–Crippen LogP) is 4.31. The van der Waals surface area contributed by atoms with Crippen molar-refractivity contribution in [3.8, 4) is 11.5 Å². The van der Waals surface area contributed by atoms with Gasteiger partial charge in [-0.1, -0.05) is 17.4 Å². The van der Waals surface area contributed by atoms with Gasteiger partial charge in [0.25, 0.3) is 5.91 Å². The summed E-state index contributed by atoms with van der Waals surface area (Å²) < 4.78 is 12.3. The van der Waals surface area contributed by atoms with E-state index in [1.54, 1.807) is 34.4 Å². The molecule has 1 aliphatic heterocycles. The smallest absolute Gasteiger partial charge is 0.260 e. The van der Waals surface area contributed by atoms with Gasteiger partial charge in [-0.25, -0.2) is 4.98 Å². The fraction of sp³-hybridized carbons (Fsp3) is 0.364. The van der Waals surface area contributed by atoms with Crippen molar-refractivity contribution in [1.82, 2.24) is 9.88 Å². The number of aryl methyl sites for hydroxylation is 2. The van der Waals surface area contributed by atoms with Gasteiger partial charge < -0.3 is 14.4 Å². The third-order valence-corrected chi connectivity index (χ3v) is 6.15. The molecule has 0 radical (unpaired) electrons. The molecule has 0 saturated carbocycles. The molecule has 3 aromatic rings. The largest absolute Gasteiger partial charge is 0.486 e. The molecule has 0 N–H and O–H groups in total. The molecule has 2 aromatic carbocycles. The van der Waals surface area contributed by atoms with Crippen LogP contribution in [0.5, 0.6) is 11.5 Å². The molecule has 4 rings (SSSR count). The highest BCUT2D eigenvalue weighted by Crippen LogP contribution is 2.34. The molecule has 0 unspecified atom stereocenters. The van der Waals surface area contributed by atoms with Crippen LogP contribution in [-0.2, 0) is 0 Å². The Balaban J connectivity index is 0.00000256. The van der Waals surface area contributed by atoms with Crippen LogP contribution < -0.4 is 14.4 Å². The number of hydrogen-bond donors (Lipinski definition) is 0. The second kappa shape index (κ2) is 9.20. The van der Waals surface area contributed by atoms with Gasteiger partial charge in [0.1, 0.15) is 13.2 Å². The molecule has 30 heavy (non-hydrogen) atoms. The summed E-state index contributed by atoms with van der Waals surface area (Å²) in [7, 11) is 4.00. The minimum absolute atomic E-state index is 0. The number of likely N-dealkylation sites (N-methyl/N-ethyl adjacent to an activating group) is 1. The summed E-state index contributed by atoms with van der Waals surface area (Å²) in [5.74, 6) is 1.21. The molecule has 1 amide bonds. The highest BCUT2D eigenvalue weighted by Gasteiger charge is 2.24. The van der Waals surface area contributed by atoms with Crippen LogP contribution in [0.25, 0.3) is 10.2 Å². The average Bonchev–Trinajstić information content (AvgIpc) is 3.15. The summed E-state index contributed by atoms with van der Waals surface area (Å²) in [6.45, 7) is 6.47. The standard InChI is InChI=1S/C22H25N3O3S.ClH/c1-14-5-8-19-20(15(14)2)23-22(29-19)25(10-9-24(3)4)21(26)16-6-7-17-18(13-16)28-12-11-27-17;/h5-8,13H,9-12H2,1-4H3;1H. The number of thiazole rings is 1. The maximum atomic E-state index is 13.5. The number of carbonyl (C=O) groups excluding carboxylic acids is 1. The number of ether oxygens (including phenoxy) is 2. The fourth-order valence-electron chi connectivity index (χ4n) is 3.25. The SMILES string of the molecule is Cc1ccc2sc(N(CCN(C)C)C(=O)c3ccc4c(c3)OCCO4)nc2c1C.Cl. The van der Waals surface area contributed by atoms with Gasteiger partial charge in [0, 0.05) is 18.7 Å². The van der Waals surface area contributed by atoms with Crippen molar-refractivity contribution in [2.75, 3.05) is 45.3 Å². The molecular formula is C22H26ClN3O3S. The molecule has 8 heteroatoms. The van der Waals surface area contributed by atoms with Crippen molar-refractivity contribution in [3.05, 3.63) is 47.0 Å². The molecular weight excluding hydrogens is 422 g/mol. The zero-order valence-corrected chi connectivity index (χ0v) is 19.2. The minimum atomic E-state index is -0.0859. The molecule has 0 bridgehead atoms. The Morgan fingerprint density at radius 3 is 2.53 bits per heavy atom.